The Kier molecular flexibility index (Phi) is 4.31. The van der Waals surface area contributed by atoms with Gasteiger partial charge >= 0.3 is 0 Å². The van der Waals surface area contributed by atoms with Crippen LogP contribution in [0.15, 0.2) is 24.3 Å². The van der Waals surface area contributed by atoms with Crippen molar-refractivity contribution in [1.82, 2.24) is 0 Å². The van der Waals surface area contributed by atoms with Gasteiger partial charge in [-0.2, -0.15) is 0 Å². The van der Waals surface area contributed by atoms with Crippen molar-refractivity contribution in [2.45, 2.75) is 6.42 Å². The van der Waals surface area contributed by atoms with Crippen LogP contribution in [0.25, 0.3) is 0 Å². The van der Waals surface area contributed by atoms with Crippen LogP contribution in [-0.4, -0.2) is 41.9 Å². The second kappa shape index (κ2) is 6.43. The van der Waals surface area contributed by atoms with E-state index in [0.29, 0.717) is 12.2 Å². The van der Waals surface area contributed by atoms with Crippen molar-refractivity contribution in [1.29, 1.82) is 0 Å². The van der Waals surface area contributed by atoms with E-state index < -0.39 is 11.7 Å². The Balaban J connectivity index is 1.90. The highest BCUT2D eigenvalue weighted by atomic mass is 16.5. The molecule has 7 heteroatoms. The molecular formula is C18H18O7. The minimum atomic E-state index is -0.541. The highest BCUT2D eigenvalue weighted by molar-refractivity contribution is 6.05. The van der Waals surface area contributed by atoms with E-state index in [9.17, 15) is 20.1 Å². The van der Waals surface area contributed by atoms with Gasteiger partial charge in [-0.15, -0.1) is 0 Å². The summed E-state index contributed by atoms with van der Waals surface area (Å²) in [5.41, 5.74) is 0.720. The van der Waals surface area contributed by atoms with E-state index in [1.165, 1.54) is 26.4 Å². The summed E-state index contributed by atoms with van der Waals surface area (Å²) in [6.45, 7) is 0.101. The molecule has 2 aromatic rings. The van der Waals surface area contributed by atoms with Crippen LogP contribution in [0.4, 0.5) is 0 Å². The van der Waals surface area contributed by atoms with E-state index >= 15 is 0 Å². The summed E-state index contributed by atoms with van der Waals surface area (Å²) in [6.07, 6.45) is 0.318. The number of rotatable bonds is 4. The van der Waals surface area contributed by atoms with Crippen molar-refractivity contribution in [3.63, 3.8) is 0 Å². The molecule has 0 saturated heterocycles. The van der Waals surface area contributed by atoms with Gasteiger partial charge in [-0.05, 0) is 24.1 Å². The number of phenolic OH excluding ortho intramolecular Hbond substituents is 3. The summed E-state index contributed by atoms with van der Waals surface area (Å²) < 4.78 is 15.5. The van der Waals surface area contributed by atoms with E-state index in [-0.39, 0.29) is 41.0 Å². The molecule has 1 aliphatic rings. The summed E-state index contributed by atoms with van der Waals surface area (Å²) in [5, 5.41) is 29.9. The lowest BCUT2D eigenvalue weighted by atomic mass is 9.88. The average molecular weight is 346 g/mol. The fourth-order valence-electron chi connectivity index (χ4n) is 2.94. The van der Waals surface area contributed by atoms with Gasteiger partial charge in [0.1, 0.15) is 11.3 Å². The van der Waals surface area contributed by atoms with Gasteiger partial charge in [-0.25, -0.2) is 0 Å². The number of benzene rings is 2. The Morgan fingerprint density at radius 3 is 2.52 bits per heavy atom. The van der Waals surface area contributed by atoms with Crippen LogP contribution in [0.1, 0.15) is 15.9 Å². The number of methoxy groups -OCH3 is 2. The Hall–Kier alpha value is -3.09. The molecule has 2 aromatic carbocycles. The smallest absolute Gasteiger partial charge is 0.203 e. The fraction of sp³-hybridized carbons (Fsp3) is 0.278. The third-order valence-corrected chi connectivity index (χ3v) is 4.19. The van der Waals surface area contributed by atoms with Crippen molar-refractivity contribution in [2.24, 2.45) is 5.92 Å². The van der Waals surface area contributed by atoms with Gasteiger partial charge < -0.3 is 29.5 Å². The molecule has 0 bridgehead atoms. The Morgan fingerprint density at radius 2 is 1.88 bits per heavy atom. The number of ketones is 1. The fourth-order valence-corrected chi connectivity index (χ4v) is 2.94. The van der Waals surface area contributed by atoms with Crippen molar-refractivity contribution >= 4 is 5.78 Å². The number of hydrogen-bond acceptors (Lipinski definition) is 7. The number of carbonyl (C=O) groups excluding carboxylic acids is 1. The SMILES string of the molecule is COc1ccc(CC2COc3cc(O)c(OC)c(O)c3C2=O)cc1O. The van der Waals surface area contributed by atoms with E-state index in [0.717, 1.165) is 5.56 Å². The van der Waals surface area contributed by atoms with Crippen LogP contribution >= 0.6 is 0 Å². The van der Waals surface area contributed by atoms with Crippen molar-refractivity contribution in [3.8, 4) is 34.5 Å². The lowest BCUT2D eigenvalue weighted by molar-refractivity contribution is 0.0824. The second-order valence-electron chi connectivity index (χ2n) is 5.73. The van der Waals surface area contributed by atoms with Gasteiger partial charge in [0.15, 0.2) is 28.8 Å². The Morgan fingerprint density at radius 1 is 1.12 bits per heavy atom. The zero-order chi connectivity index (χ0) is 18.1. The topological polar surface area (TPSA) is 105 Å². The largest absolute Gasteiger partial charge is 0.504 e. The van der Waals surface area contributed by atoms with Gasteiger partial charge in [-0.3, -0.25) is 4.79 Å². The Labute approximate surface area is 144 Å². The van der Waals surface area contributed by atoms with Gasteiger partial charge in [0.2, 0.25) is 5.75 Å². The lowest BCUT2D eigenvalue weighted by Crippen LogP contribution is -2.29. The monoisotopic (exact) mass is 346 g/mol. The predicted octanol–water partition coefficient (Wildman–Crippen LogP) is 2.25. The molecule has 0 fully saturated rings. The average Bonchev–Trinajstić information content (AvgIpc) is 2.57. The third-order valence-electron chi connectivity index (χ3n) is 4.19. The maximum absolute atomic E-state index is 12.8. The zero-order valence-corrected chi connectivity index (χ0v) is 13.8. The maximum Gasteiger partial charge on any atom is 0.203 e. The minimum Gasteiger partial charge on any atom is -0.504 e. The van der Waals surface area contributed by atoms with Crippen LogP contribution in [0, 0.1) is 5.92 Å². The summed E-state index contributed by atoms with van der Waals surface area (Å²) in [5.74, 6) is -1.31. The molecule has 0 spiro atoms. The minimum absolute atomic E-state index is 0.0105. The van der Waals surface area contributed by atoms with Crippen LogP contribution in [0.2, 0.25) is 0 Å². The second-order valence-corrected chi connectivity index (χ2v) is 5.73. The summed E-state index contributed by atoms with van der Waals surface area (Å²) in [7, 11) is 2.74. The molecule has 1 heterocycles. The van der Waals surface area contributed by atoms with Gasteiger partial charge in [0.05, 0.1) is 26.7 Å². The third kappa shape index (κ3) is 2.88. The Bertz CT molecular complexity index is 829. The number of phenols is 3. The first-order chi connectivity index (χ1) is 12.0. The lowest BCUT2D eigenvalue weighted by Gasteiger charge is -2.25. The molecule has 0 aromatic heterocycles. The van der Waals surface area contributed by atoms with Crippen LogP contribution in [0.5, 0.6) is 34.5 Å². The molecule has 25 heavy (non-hydrogen) atoms. The maximum atomic E-state index is 12.8. The first-order valence-electron chi connectivity index (χ1n) is 7.62. The van der Waals surface area contributed by atoms with Gasteiger partial charge in [-0.1, -0.05) is 6.07 Å². The zero-order valence-electron chi connectivity index (χ0n) is 13.8. The molecule has 1 unspecified atom stereocenters. The van der Waals surface area contributed by atoms with Crippen LogP contribution in [-0.2, 0) is 6.42 Å². The van der Waals surface area contributed by atoms with Gasteiger partial charge in [0, 0.05) is 6.07 Å². The molecule has 0 saturated carbocycles. The molecule has 0 radical (unpaired) electrons. The quantitative estimate of drug-likeness (QED) is 0.780. The molecular weight excluding hydrogens is 328 g/mol. The van der Waals surface area contributed by atoms with E-state index in [2.05, 4.69) is 0 Å². The number of carbonyl (C=O) groups is 1. The van der Waals surface area contributed by atoms with Crippen LogP contribution < -0.4 is 14.2 Å². The summed E-state index contributed by atoms with van der Waals surface area (Å²) >= 11 is 0. The highest BCUT2D eigenvalue weighted by Crippen LogP contribution is 2.46. The highest BCUT2D eigenvalue weighted by Gasteiger charge is 2.34. The molecule has 7 nitrogen and oxygen atoms in total. The van der Waals surface area contributed by atoms with Crippen molar-refractivity contribution in [3.05, 3.63) is 35.4 Å². The first kappa shape index (κ1) is 16.8. The molecule has 0 aliphatic carbocycles. The van der Waals surface area contributed by atoms with E-state index in [1.54, 1.807) is 12.1 Å². The number of ether oxygens (including phenoxy) is 3. The number of hydrogen-bond donors (Lipinski definition) is 3. The molecule has 132 valence electrons. The molecule has 3 N–H and O–H groups in total. The first-order valence-corrected chi connectivity index (χ1v) is 7.62. The number of aromatic hydroxyl groups is 3. The van der Waals surface area contributed by atoms with Crippen LogP contribution in [0.3, 0.4) is 0 Å². The molecule has 1 aliphatic heterocycles. The molecule has 3 rings (SSSR count). The van der Waals surface area contributed by atoms with Crippen molar-refractivity contribution in [2.75, 3.05) is 20.8 Å². The van der Waals surface area contributed by atoms with E-state index in [1.807, 2.05) is 0 Å². The van der Waals surface area contributed by atoms with Gasteiger partial charge in [0.25, 0.3) is 0 Å². The summed E-state index contributed by atoms with van der Waals surface area (Å²) in [4.78, 5) is 12.8. The molecule has 1 atom stereocenters. The molecule has 0 amide bonds. The summed E-state index contributed by atoms with van der Waals surface area (Å²) in [6, 6.07) is 6.14. The van der Waals surface area contributed by atoms with Crippen molar-refractivity contribution < 1.29 is 34.3 Å². The number of Topliss-reactive ketones (excluding diaryl/α,β-unsaturated/α-hetero) is 1. The van der Waals surface area contributed by atoms with E-state index in [4.69, 9.17) is 14.2 Å². The normalized spacial score (nSPS) is 16.1. The predicted molar refractivity (Wildman–Crippen MR) is 88.0 cm³/mol. The number of fused-ring (bicyclic) bond motifs is 1. The standard InChI is InChI=1S/C18H18O7/c1-23-13-4-3-9(6-11(13)19)5-10-8-25-14-7-12(20)18(24-2)17(22)15(14)16(10)21/h3-4,6-7,10,19-20,22H,5,8H2,1-2H3.